The number of halogens is 2. The molecule has 6 heteroatoms. The van der Waals surface area contributed by atoms with Crippen LogP contribution in [-0.4, -0.2) is 29.4 Å². The van der Waals surface area contributed by atoms with Crippen LogP contribution >= 0.6 is 24.8 Å². The molecule has 0 saturated heterocycles. The summed E-state index contributed by atoms with van der Waals surface area (Å²) in [6.45, 7) is 7.89. The average Bonchev–Trinajstić information content (AvgIpc) is 2.52. The molecule has 4 nitrogen and oxygen atoms in total. The summed E-state index contributed by atoms with van der Waals surface area (Å²) >= 11 is 0. The summed E-state index contributed by atoms with van der Waals surface area (Å²) in [5, 5.41) is 3.10. The molecule has 1 aliphatic rings. The molecule has 0 aromatic heterocycles. The molecule has 1 aromatic rings. The summed E-state index contributed by atoms with van der Waals surface area (Å²) in [5.74, 6) is 0.0332. The van der Waals surface area contributed by atoms with Crippen molar-refractivity contribution < 1.29 is 4.79 Å². The fourth-order valence-corrected chi connectivity index (χ4v) is 3.41. The van der Waals surface area contributed by atoms with Gasteiger partial charge in [0.15, 0.2) is 0 Å². The first-order chi connectivity index (χ1) is 11.3. The number of hydrogen-bond acceptors (Lipinski definition) is 3. The number of nitrogens with one attached hydrogen (secondary N) is 1. The summed E-state index contributed by atoms with van der Waals surface area (Å²) in [6, 6.07) is 8.98. The lowest BCUT2D eigenvalue weighted by Gasteiger charge is -2.37. The highest BCUT2D eigenvalue weighted by molar-refractivity contribution is 5.85. The minimum absolute atomic E-state index is 0. The maximum absolute atomic E-state index is 12.5. The summed E-state index contributed by atoms with van der Waals surface area (Å²) < 4.78 is 0. The molecule has 0 aliphatic heterocycles. The number of carbonyl (C=O) groups is 1. The van der Waals surface area contributed by atoms with Crippen molar-refractivity contribution in [1.29, 1.82) is 0 Å². The lowest BCUT2D eigenvalue weighted by Crippen LogP contribution is -2.52. The van der Waals surface area contributed by atoms with Crippen molar-refractivity contribution in [3.05, 3.63) is 35.4 Å². The van der Waals surface area contributed by atoms with E-state index >= 15 is 0 Å². The Morgan fingerprint density at radius 2 is 1.96 bits per heavy atom. The Morgan fingerprint density at radius 1 is 1.31 bits per heavy atom. The van der Waals surface area contributed by atoms with E-state index in [0.717, 1.165) is 37.8 Å². The van der Waals surface area contributed by atoms with Gasteiger partial charge in [-0.05, 0) is 51.8 Å². The maximum Gasteiger partial charge on any atom is 0.225 e. The second kappa shape index (κ2) is 11.1. The standard InChI is InChI=1S/C20H33N3O.2ClH/c1-15(2)23(4)14-17-9-7-8-16(12-17)13-22-19(24)18-10-5-6-11-20(18,3)21;;/h7-9,12,15,18H,5-6,10-11,13-14,21H2,1-4H3,(H,22,24);2*1H. The quantitative estimate of drug-likeness (QED) is 0.756. The SMILES string of the molecule is CC(C)N(C)Cc1cccc(CNC(=O)C2CCCCC2(C)N)c1.Cl.Cl. The molecular formula is C20H35Cl2N3O. The molecule has 2 atom stereocenters. The minimum atomic E-state index is -0.371. The van der Waals surface area contributed by atoms with Gasteiger partial charge in [0.2, 0.25) is 5.91 Å². The molecule has 26 heavy (non-hydrogen) atoms. The van der Waals surface area contributed by atoms with Crippen molar-refractivity contribution in [2.24, 2.45) is 11.7 Å². The zero-order valence-electron chi connectivity index (χ0n) is 16.5. The van der Waals surface area contributed by atoms with Crippen LogP contribution in [0.25, 0.3) is 0 Å². The number of carbonyl (C=O) groups excluding carboxylic acids is 1. The van der Waals surface area contributed by atoms with Gasteiger partial charge in [0.1, 0.15) is 0 Å². The van der Waals surface area contributed by atoms with Gasteiger partial charge in [0, 0.05) is 24.7 Å². The summed E-state index contributed by atoms with van der Waals surface area (Å²) in [6.07, 6.45) is 4.06. The van der Waals surface area contributed by atoms with E-state index in [1.54, 1.807) is 0 Å². The molecule has 1 saturated carbocycles. The Kier molecular flexibility index (Phi) is 10.8. The van der Waals surface area contributed by atoms with Crippen molar-refractivity contribution in [2.45, 2.75) is 71.1 Å². The molecule has 0 heterocycles. The van der Waals surface area contributed by atoms with Gasteiger partial charge in [0.05, 0.1) is 5.92 Å². The first kappa shape index (κ1) is 25.2. The first-order valence-corrected chi connectivity index (χ1v) is 9.14. The second-order valence-electron chi connectivity index (χ2n) is 7.85. The van der Waals surface area contributed by atoms with Crippen molar-refractivity contribution in [1.82, 2.24) is 10.2 Å². The second-order valence-corrected chi connectivity index (χ2v) is 7.85. The normalized spacial score (nSPS) is 22.5. The Hall–Kier alpha value is -0.810. The molecule has 2 unspecified atom stereocenters. The highest BCUT2D eigenvalue weighted by atomic mass is 35.5. The van der Waals surface area contributed by atoms with Gasteiger partial charge in [-0.3, -0.25) is 9.69 Å². The summed E-state index contributed by atoms with van der Waals surface area (Å²) in [7, 11) is 2.13. The Morgan fingerprint density at radius 3 is 2.58 bits per heavy atom. The van der Waals surface area contributed by atoms with E-state index < -0.39 is 0 Å². The molecule has 150 valence electrons. The molecule has 1 aliphatic carbocycles. The third kappa shape index (κ3) is 7.07. The smallest absolute Gasteiger partial charge is 0.225 e. The third-order valence-corrected chi connectivity index (χ3v) is 5.34. The molecule has 2 rings (SSSR count). The molecule has 1 fully saturated rings. The zero-order chi connectivity index (χ0) is 17.7. The van der Waals surface area contributed by atoms with Crippen LogP contribution < -0.4 is 11.1 Å². The molecule has 0 radical (unpaired) electrons. The van der Waals surface area contributed by atoms with Gasteiger partial charge in [0.25, 0.3) is 0 Å². The van der Waals surface area contributed by atoms with Gasteiger partial charge in [-0.25, -0.2) is 0 Å². The van der Waals surface area contributed by atoms with Crippen molar-refractivity contribution in [3.8, 4) is 0 Å². The van der Waals surface area contributed by atoms with E-state index in [1.807, 2.05) is 6.92 Å². The van der Waals surface area contributed by atoms with Gasteiger partial charge in [-0.1, -0.05) is 37.1 Å². The van der Waals surface area contributed by atoms with Crippen LogP contribution in [0.3, 0.4) is 0 Å². The van der Waals surface area contributed by atoms with Crippen molar-refractivity contribution >= 4 is 30.7 Å². The number of nitrogens with two attached hydrogens (primary N) is 1. The van der Waals surface area contributed by atoms with E-state index in [9.17, 15) is 4.79 Å². The molecule has 3 N–H and O–H groups in total. The Bertz CT molecular complexity index is 564. The Labute approximate surface area is 171 Å². The third-order valence-electron chi connectivity index (χ3n) is 5.34. The van der Waals surface area contributed by atoms with E-state index in [0.29, 0.717) is 12.6 Å². The predicted octanol–water partition coefficient (Wildman–Crippen LogP) is 3.89. The number of rotatable bonds is 6. The number of hydrogen-bond donors (Lipinski definition) is 2. The molecule has 0 bridgehead atoms. The highest BCUT2D eigenvalue weighted by Gasteiger charge is 2.37. The largest absolute Gasteiger partial charge is 0.352 e. The van der Waals surface area contributed by atoms with Crippen LogP contribution in [0.2, 0.25) is 0 Å². The molecule has 1 aromatic carbocycles. The lowest BCUT2D eigenvalue weighted by atomic mass is 9.74. The zero-order valence-corrected chi connectivity index (χ0v) is 18.1. The molecule has 1 amide bonds. The predicted molar refractivity (Wildman–Crippen MR) is 114 cm³/mol. The number of benzene rings is 1. The monoisotopic (exact) mass is 403 g/mol. The fraction of sp³-hybridized carbons (Fsp3) is 0.650. The number of amides is 1. The Balaban J connectivity index is 0.00000312. The van der Waals surface area contributed by atoms with E-state index in [2.05, 4.69) is 55.4 Å². The topological polar surface area (TPSA) is 58.4 Å². The molecular weight excluding hydrogens is 369 g/mol. The van der Waals surface area contributed by atoms with Crippen LogP contribution in [0.4, 0.5) is 0 Å². The van der Waals surface area contributed by atoms with E-state index in [1.165, 1.54) is 5.56 Å². The van der Waals surface area contributed by atoms with E-state index in [4.69, 9.17) is 5.73 Å². The average molecular weight is 404 g/mol. The summed E-state index contributed by atoms with van der Waals surface area (Å²) in [4.78, 5) is 14.8. The fourth-order valence-electron chi connectivity index (χ4n) is 3.41. The van der Waals surface area contributed by atoms with Crippen LogP contribution in [0.15, 0.2) is 24.3 Å². The maximum atomic E-state index is 12.5. The molecule has 0 spiro atoms. The van der Waals surface area contributed by atoms with Gasteiger partial charge >= 0.3 is 0 Å². The number of nitrogens with zero attached hydrogens (tertiary/aromatic N) is 1. The van der Waals surface area contributed by atoms with Gasteiger partial charge in [-0.2, -0.15) is 0 Å². The van der Waals surface area contributed by atoms with Crippen molar-refractivity contribution in [3.63, 3.8) is 0 Å². The van der Waals surface area contributed by atoms with Gasteiger partial charge in [-0.15, -0.1) is 24.8 Å². The van der Waals surface area contributed by atoms with Gasteiger partial charge < -0.3 is 11.1 Å². The van der Waals surface area contributed by atoms with E-state index in [-0.39, 0.29) is 42.2 Å². The first-order valence-electron chi connectivity index (χ1n) is 9.14. The summed E-state index contributed by atoms with van der Waals surface area (Å²) in [5.41, 5.74) is 8.38. The minimum Gasteiger partial charge on any atom is -0.352 e. The van der Waals surface area contributed by atoms with Crippen LogP contribution in [0.5, 0.6) is 0 Å². The lowest BCUT2D eigenvalue weighted by molar-refractivity contribution is -0.128. The van der Waals surface area contributed by atoms with Crippen LogP contribution in [0.1, 0.15) is 57.6 Å². The van der Waals surface area contributed by atoms with Crippen LogP contribution in [-0.2, 0) is 17.9 Å². The highest BCUT2D eigenvalue weighted by Crippen LogP contribution is 2.31. The van der Waals surface area contributed by atoms with Crippen LogP contribution in [0, 0.1) is 5.92 Å². The van der Waals surface area contributed by atoms with Crippen molar-refractivity contribution in [2.75, 3.05) is 7.05 Å².